The standard InChI is InChI=1S/C36H58N2O3/c1-13-31(5,6)18-19-33(9,30(41)38-15-3)20-21-34(10,14-2)36(12)17-16-27-32(7,8)29(40)26(24-37)23-35(27,11)28(36)22-25(4)39/h22-23,27H,13-21H2,1-12H3,(H,38,41)/b28-22-/t27-,33-,34-,35-,36+/m0/s1. The van der Waals surface area contributed by atoms with Gasteiger partial charge in [0, 0.05) is 22.8 Å². The molecule has 5 heteroatoms. The summed E-state index contributed by atoms with van der Waals surface area (Å²) in [6.45, 7) is 26.0. The summed E-state index contributed by atoms with van der Waals surface area (Å²) in [6.07, 6.45) is 10.7. The van der Waals surface area contributed by atoms with Crippen molar-refractivity contribution in [2.24, 2.45) is 38.4 Å². The molecule has 0 aromatic rings. The number of fused-ring (bicyclic) bond motifs is 1. The summed E-state index contributed by atoms with van der Waals surface area (Å²) in [7, 11) is 0. The quantitative estimate of drug-likeness (QED) is 0.240. The molecule has 0 unspecified atom stereocenters. The van der Waals surface area contributed by atoms with Crippen LogP contribution in [-0.4, -0.2) is 24.0 Å². The highest BCUT2D eigenvalue weighted by Crippen LogP contribution is 2.67. The molecule has 2 aliphatic carbocycles. The van der Waals surface area contributed by atoms with Crippen molar-refractivity contribution in [1.29, 1.82) is 5.26 Å². The number of hydrogen-bond acceptors (Lipinski definition) is 4. The number of ketones is 2. The fourth-order valence-electron chi connectivity index (χ4n) is 7.95. The Labute approximate surface area is 251 Å². The van der Waals surface area contributed by atoms with Crippen LogP contribution in [0.1, 0.15) is 134 Å². The highest BCUT2D eigenvalue weighted by atomic mass is 16.2. The van der Waals surface area contributed by atoms with Gasteiger partial charge in [0.25, 0.3) is 0 Å². The van der Waals surface area contributed by atoms with Crippen molar-refractivity contribution in [3.05, 3.63) is 23.3 Å². The zero-order valence-corrected chi connectivity index (χ0v) is 28.3. The van der Waals surface area contributed by atoms with Crippen LogP contribution in [0.25, 0.3) is 0 Å². The second kappa shape index (κ2) is 12.2. The maximum Gasteiger partial charge on any atom is 0.225 e. The van der Waals surface area contributed by atoms with Crippen LogP contribution in [0.15, 0.2) is 23.3 Å². The van der Waals surface area contributed by atoms with E-state index in [1.54, 1.807) is 6.92 Å². The smallest absolute Gasteiger partial charge is 0.225 e. The van der Waals surface area contributed by atoms with E-state index in [9.17, 15) is 19.6 Å². The van der Waals surface area contributed by atoms with Gasteiger partial charge < -0.3 is 5.32 Å². The SMILES string of the molecule is CCNC(=O)[C@@](C)(CCC(C)(C)CC)CC[C@](C)(CC)[C@]1(C)CC[C@H]2C(C)(C)C(=O)C(C#N)=C[C@]2(C)/C1=C/C(C)=O. The predicted octanol–water partition coefficient (Wildman–Crippen LogP) is 8.54. The first kappa shape index (κ1) is 35.0. The number of nitrogens with one attached hydrogen (secondary N) is 1. The largest absolute Gasteiger partial charge is 0.356 e. The lowest BCUT2D eigenvalue weighted by molar-refractivity contribution is -0.132. The van der Waals surface area contributed by atoms with E-state index in [1.165, 1.54) is 0 Å². The minimum Gasteiger partial charge on any atom is -0.356 e. The summed E-state index contributed by atoms with van der Waals surface area (Å²) < 4.78 is 0. The van der Waals surface area contributed by atoms with E-state index in [4.69, 9.17) is 0 Å². The van der Waals surface area contributed by atoms with E-state index in [-0.39, 0.29) is 45.2 Å². The van der Waals surface area contributed by atoms with Crippen LogP contribution < -0.4 is 5.32 Å². The summed E-state index contributed by atoms with van der Waals surface area (Å²) in [4.78, 5) is 39.6. The molecule has 0 aromatic carbocycles. The fourth-order valence-corrected chi connectivity index (χ4v) is 7.95. The number of carbonyl (C=O) groups excluding carboxylic acids is 3. The van der Waals surface area contributed by atoms with Crippen molar-refractivity contribution in [3.63, 3.8) is 0 Å². The van der Waals surface area contributed by atoms with E-state index in [0.717, 1.165) is 56.9 Å². The lowest BCUT2D eigenvalue weighted by atomic mass is 9.41. The third-order valence-electron chi connectivity index (χ3n) is 12.0. The molecule has 1 fully saturated rings. The zero-order valence-electron chi connectivity index (χ0n) is 28.3. The van der Waals surface area contributed by atoms with Gasteiger partial charge in [-0.1, -0.05) is 87.3 Å². The van der Waals surface area contributed by atoms with Crippen molar-refractivity contribution in [2.45, 2.75) is 134 Å². The highest BCUT2D eigenvalue weighted by molar-refractivity contribution is 6.04. The summed E-state index contributed by atoms with van der Waals surface area (Å²) >= 11 is 0. The second-order valence-corrected chi connectivity index (χ2v) is 15.4. The summed E-state index contributed by atoms with van der Waals surface area (Å²) in [5.41, 5.74) is -0.920. The molecule has 5 nitrogen and oxygen atoms in total. The van der Waals surface area contributed by atoms with Crippen LogP contribution in [0.3, 0.4) is 0 Å². The number of rotatable bonds is 12. The number of nitriles is 1. The molecular formula is C36H58N2O3. The van der Waals surface area contributed by atoms with Gasteiger partial charge >= 0.3 is 0 Å². The number of allylic oxidation sites excluding steroid dienone is 4. The molecule has 0 saturated heterocycles. The lowest BCUT2D eigenvalue weighted by Crippen LogP contribution is -2.56. The molecule has 0 radical (unpaired) electrons. The molecule has 0 aromatic heterocycles. The van der Waals surface area contributed by atoms with Crippen molar-refractivity contribution in [3.8, 4) is 6.07 Å². The van der Waals surface area contributed by atoms with Crippen molar-refractivity contribution in [1.82, 2.24) is 5.32 Å². The minimum absolute atomic E-state index is 0.00347. The van der Waals surface area contributed by atoms with Gasteiger partial charge in [0.2, 0.25) is 5.91 Å². The number of carbonyl (C=O) groups is 3. The number of nitrogens with zero attached hydrogens (tertiary/aromatic N) is 1. The van der Waals surface area contributed by atoms with Gasteiger partial charge in [-0.15, -0.1) is 0 Å². The molecule has 0 aliphatic heterocycles. The van der Waals surface area contributed by atoms with Crippen LogP contribution in [0.2, 0.25) is 0 Å². The zero-order chi connectivity index (χ0) is 31.7. The average Bonchev–Trinajstić information content (AvgIpc) is 2.90. The van der Waals surface area contributed by atoms with Gasteiger partial charge in [0.1, 0.15) is 6.07 Å². The molecular weight excluding hydrogens is 508 g/mol. The first-order chi connectivity index (χ1) is 18.7. The number of hydrogen-bond donors (Lipinski definition) is 1. The average molecular weight is 567 g/mol. The fraction of sp³-hybridized carbons (Fsp3) is 0.778. The number of amides is 1. The van der Waals surface area contributed by atoms with E-state index < -0.39 is 16.2 Å². The van der Waals surface area contributed by atoms with Crippen molar-refractivity contribution in [2.75, 3.05) is 6.54 Å². The molecule has 41 heavy (non-hydrogen) atoms. The Kier molecular flexibility index (Phi) is 10.4. The minimum atomic E-state index is -0.697. The van der Waals surface area contributed by atoms with Gasteiger partial charge in [0.05, 0.1) is 5.57 Å². The Balaban J connectivity index is 2.63. The van der Waals surface area contributed by atoms with Gasteiger partial charge in [-0.05, 0) is 87.0 Å². The number of Topliss-reactive ketones (excluding diaryl/α,β-unsaturated/α-hetero) is 1. The summed E-state index contributed by atoms with van der Waals surface area (Å²) in [5.74, 6) is 0.0115. The Hall–Kier alpha value is -2.22. The van der Waals surface area contributed by atoms with Gasteiger partial charge in [0.15, 0.2) is 11.6 Å². The van der Waals surface area contributed by atoms with E-state index >= 15 is 0 Å². The van der Waals surface area contributed by atoms with Crippen LogP contribution >= 0.6 is 0 Å². The topological polar surface area (TPSA) is 87.0 Å². The van der Waals surface area contributed by atoms with E-state index in [1.807, 2.05) is 32.9 Å². The Morgan fingerprint density at radius 3 is 2.10 bits per heavy atom. The van der Waals surface area contributed by atoms with Crippen LogP contribution in [-0.2, 0) is 14.4 Å². The first-order valence-corrected chi connectivity index (χ1v) is 15.9. The Morgan fingerprint density at radius 1 is 1.02 bits per heavy atom. The third-order valence-corrected chi connectivity index (χ3v) is 12.0. The lowest BCUT2D eigenvalue weighted by Gasteiger charge is -2.62. The normalized spacial score (nSPS) is 29.9. The Morgan fingerprint density at radius 2 is 1.61 bits per heavy atom. The molecule has 1 saturated carbocycles. The second-order valence-electron chi connectivity index (χ2n) is 15.4. The maximum atomic E-state index is 13.5. The molecule has 2 aliphatic rings. The van der Waals surface area contributed by atoms with Gasteiger partial charge in [-0.2, -0.15) is 5.26 Å². The van der Waals surface area contributed by atoms with Crippen molar-refractivity contribution >= 4 is 17.5 Å². The molecule has 230 valence electrons. The third kappa shape index (κ3) is 6.42. The summed E-state index contributed by atoms with van der Waals surface area (Å²) in [5, 5.41) is 13.1. The molecule has 1 amide bonds. The van der Waals surface area contributed by atoms with Crippen LogP contribution in [0.5, 0.6) is 0 Å². The molecule has 5 atom stereocenters. The van der Waals surface area contributed by atoms with E-state index in [2.05, 4.69) is 66.8 Å². The summed E-state index contributed by atoms with van der Waals surface area (Å²) in [6, 6.07) is 2.18. The maximum absolute atomic E-state index is 13.5. The molecule has 0 bridgehead atoms. The molecule has 0 heterocycles. The Bertz CT molecular complexity index is 1140. The monoisotopic (exact) mass is 566 g/mol. The predicted molar refractivity (Wildman–Crippen MR) is 168 cm³/mol. The van der Waals surface area contributed by atoms with Gasteiger partial charge in [-0.3, -0.25) is 14.4 Å². The molecule has 0 spiro atoms. The van der Waals surface area contributed by atoms with Crippen LogP contribution in [0, 0.1) is 49.7 Å². The molecule has 1 N–H and O–H groups in total. The first-order valence-electron chi connectivity index (χ1n) is 15.9. The highest BCUT2D eigenvalue weighted by Gasteiger charge is 2.61. The van der Waals surface area contributed by atoms with Gasteiger partial charge in [-0.25, -0.2) is 0 Å². The van der Waals surface area contributed by atoms with Crippen molar-refractivity contribution < 1.29 is 14.4 Å². The van der Waals surface area contributed by atoms with Crippen LogP contribution in [0.4, 0.5) is 0 Å². The molecule has 2 rings (SSSR count). The van der Waals surface area contributed by atoms with E-state index in [0.29, 0.717) is 6.54 Å².